The number of aryl methyl sites for hydroxylation is 1. The van der Waals surface area contributed by atoms with Crippen molar-refractivity contribution in [3.05, 3.63) is 34.0 Å². The first-order chi connectivity index (χ1) is 17.2. The number of alkyl halides is 2. The van der Waals surface area contributed by atoms with Gasteiger partial charge >= 0.3 is 0 Å². The fourth-order valence-electron chi connectivity index (χ4n) is 6.72. The van der Waals surface area contributed by atoms with Crippen molar-refractivity contribution in [2.24, 2.45) is 5.92 Å². The molecule has 2 aromatic heterocycles. The molecule has 1 aliphatic carbocycles. The number of nitrogens with one attached hydrogen (secondary N) is 1. The maximum Gasteiger partial charge on any atom is 0.248 e. The summed E-state index contributed by atoms with van der Waals surface area (Å²) in [7, 11) is 0. The molecule has 0 spiro atoms. The highest BCUT2D eigenvalue weighted by Crippen LogP contribution is 2.42. The highest BCUT2D eigenvalue weighted by molar-refractivity contribution is 7.08. The summed E-state index contributed by atoms with van der Waals surface area (Å²) in [6, 6.07) is 3.53. The molecule has 6 nitrogen and oxygen atoms in total. The second-order valence-electron chi connectivity index (χ2n) is 11.4. The Bertz CT molecular complexity index is 1020. The van der Waals surface area contributed by atoms with Crippen molar-refractivity contribution >= 4 is 17.2 Å². The number of fused-ring (bicyclic) bond motifs is 2. The number of rotatable bonds is 8. The average Bonchev–Trinajstić information content (AvgIpc) is 3.55. The van der Waals surface area contributed by atoms with E-state index in [4.69, 9.17) is 0 Å². The lowest BCUT2D eigenvalue weighted by Gasteiger charge is -2.40. The van der Waals surface area contributed by atoms with Gasteiger partial charge in [-0.15, -0.1) is 10.2 Å². The van der Waals surface area contributed by atoms with Crippen molar-refractivity contribution in [2.45, 2.75) is 115 Å². The molecule has 0 radical (unpaired) electrons. The first-order valence-electron chi connectivity index (χ1n) is 13.6. The third kappa shape index (κ3) is 5.37. The Hall–Kier alpha value is -1.87. The van der Waals surface area contributed by atoms with Gasteiger partial charge in [0.15, 0.2) is 0 Å². The molecule has 36 heavy (non-hydrogen) atoms. The minimum Gasteiger partial charge on any atom is -0.349 e. The zero-order valence-electron chi connectivity index (χ0n) is 21.6. The normalized spacial score (nSPS) is 27.4. The molecular weight excluding hydrogens is 480 g/mol. The maximum absolute atomic E-state index is 13.6. The number of halogens is 2. The van der Waals surface area contributed by atoms with E-state index in [0.29, 0.717) is 24.0 Å². The number of piperidine rings is 1. The molecular formula is C27H39F2N5OS. The number of hydrogen-bond donors (Lipinski definition) is 1. The fourth-order valence-corrected chi connectivity index (χ4v) is 7.43. The van der Waals surface area contributed by atoms with Crippen LogP contribution in [0.4, 0.5) is 8.78 Å². The van der Waals surface area contributed by atoms with Crippen LogP contribution in [0.25, 0.3) is 0 Å². The van der Waals surface area contributed by atoms with Crippen molar-refractivity contribution in [3.63, 3.8) is 0 Å². The van der Waals surface area contributed by atoms with Crippen LogP contribution in [0.3, 0.4) is 0 Å². The van der Waals surface area contributed by atoms with Gasteiger partial charge < -0.3 is 9.88 Å². The topological polar surface area (TPSA) is 63.1 Å². The Labute approximate surface area is 216 Å². The number of hydrogen-bond acceptors (Lipinski definition) is 5. The van der Waals surface area contributed by atoms with Crippen LogP contribution in [0.5, 0.6) is 0 Å². The lowest BCUT2D eigenvalue weighted by atomic mass is 9.86. The molecule has 2 saturated heterocycles. The van der Waals surface area contributed by atoms with E-state index in [1.165, 1.54) is 12.8 Å². The zero-order valence-corrected chi connectivity index (χ0v) is 22.4. The Morgan fingerprint density at radius 3 is 2.44 bits per heavy atom. The molecule has 1 amide bonds. The summed E-state index contributed by atoms with van der Waals surface area (Å²) >= 11 is 1.63. The van der Waals surface area contributed by atoms with Gasteiger partial charge in [-0.05, 0) is 74.3 Å². The Kier molecular flexibility index (Phi) is 7.50. The van der Waals surface area contributed by atoms with Crippen molar-refractivity contribution in [1.82, 2.24) is 25.0 Å². The molecule has 2 aromatic rings. The van der Waals surface area contributed by atoms with Gasteiger partial charge in [0.05, 0.1) is 6.04 Å². The van der Waals surface area contributed by atoms with Crippen molar-refractivity contribution in [3.8, 4) is 0 Å². The summed E-state index contributed by atoms with van der Waals surface area (Å²) in [6.45, 7) is 7.36. The van der Waals surface area contributed by atoms with Crippen LogP contribution in [0.15, 0.2) is 16.8 Å². The fraction of sp³-hybridized carbons (Fsp3) is 0.741. The highest BCUT2D eigenvalue weighted by atomic mass is 32.1. The molecule has 2 aliphatic heterocycles. The van der Waals surface area contributed by atoms with Crippen molar-refractivity contribution < 1.29 is 13.6 Å². The lowest BCUT2D eigenvalue weighted by Crippen LogP contribution is -2.45. The maximum atomic E-state index is 13.6. The third-order valence-electron chi connectivity index (χ3n) is 8.66. The second-order valence-corrected chi connectivity index (χ2v) is 12.2. The van der Waals surface area contributed by atoms with Crippen molar-refractivity contribution in [1.29, 1.82) is 0 Å². The molecule has 1 N–H and O–H groups in total. The minimum absolute atomic E-state index is 0.0623. The van der Waals surface area contributed by atoms with Crippen LogP contribution >= 0.6 is 11.3 Å². The lowest BCUT2D eigenvalue weighted by molar-refractivity contribution is -0.130. The van der Waals surface area contributed by atoms with E-state index in [2.05, 4.69) is 57.2 Å². The SMILES string of the molecule is Cc1nnc(C(C)C)n1C1C[C@H]2CC[C@@H](C1)N2CC[C@H](NC(=O)C1CCC(F)(F)CC1)c1ccsc1. The number of aromatic nitrogens is 3. The predicted molar refractivity (Wildman–Crippen MR) is 137 cm³/mol. The van der Waals surface area contributed by atoms with E-state index in [9.17, 15) is 13.6 Å². The number of thiophene rings is 1. The predicted octanol–water partition coefficient (Wildman–Crippen LogP) is 6.01. The van der Waals surface area contributed by atoms with Gasteiger partial charge in [0, 0.05) is 49.3 Å². The summed E-state index contributed by atoms with van der Waals surface area (Å²) in [5.41, 5.74) is 1.12. The van der Waals surface area contributed by atoms with Crippen LogP contribution in [0, 0.1) is 12.8 Å². The molecule has 4 atom stereocenters. The van der Waals surface area contributed by atoms with Gasteiger partial charge in [-0.1, -0.05) is 13.8 Å². The minimum atomic E-state index is -2.61. The van der Waals surface area contributed by atoms with Gasteiger partial charge in [0.1, 0.15) is 11.6 Å². The van der Waals surface area contributed by atoms with Crippen LogP contribution < -0.4 is 5.32 Å². The van der Waals surface area contributed by atoms with Crippen LogP contribution in [0.1, 0.15) is 107 Å². The molecule has 9 heteroatoms. The molecule has 1 saturated carbocycles. The smallest absolute Gasteiger partial charge is 0.248 e. The first kappa shape index (κ1) is 25.8. The van der Waals surface area contributed by atoms with E-state index in [1.807, 2.05) is 5.38 Å². The van der Waals surface area contributed by atoms with Gasteiger partial charge in [-0.3, -0.25) is 9.69 Å². The molecule has 1 unspecified atom stereocenters. The van der Waals surface area contributed by atoms with Crippen LogP contribution in [-0.4, -0.2) is 50.1 Å². The molecule has 5 rings (SSSR count). The molecule has 4 heterocycles. The standard InChI is InChI=1S/C27H39F2N5OS/c1-17(2)25-32-31-18(3)34(25)23-14-21-4-5-22(15-23)33(21)12-8-24(20-9-13-36-16-20)30-26(35)19-6-10-27(28,29)11-7-19/h9,13,16-17,19,21-24H,4-8,10-12,14-15H2,1-3H3,(H,30,35)/t21-,22+,23?,24-/m0/s1. The quantitative estimate of drug-likeness (QED) is 0.464. The molecule has 0 aromatic carbocycles. The van der Waals surface area contributed by atoms with E-state index < -0.39 is 5.92 Å². The largest absolute Gasteiger partial charge is 0.349 e. The highest BCUT2D eigenvalue weighted by Gasteiger charge is 2.42. The Morgan fingerprint density at radius 2 is 1.83 bits per heavy atom. The summed E-state index contributed by atoms with van der Waals surface area (Å²) in [4.78, 5) is 15.7. The molecule has 2 bridgehead atoms. The van der Waals surface area contributed by atoms with E-state index >= 15 is 0 Å². The summed E-state index contributed by atoms with van der Waals surface area (Å²) in [6.07, 6.45) is 5.67. The average molecular weight is 520 g/mol. The van der Waals surface area contributed by atoms with Crippen LogP contribution in [0.2, 0.25) is 0 Å². The number of carbonyl (C=O) groups excluding carboxylic acids is 1. The zero-order chi connectivity index (χ0) is 25.4. The van der Waals surface area contributed by atoms with Gasteiger partial charge in [0.25, 0.3) is 0 Å². The van der Waals surface area contributed by atoms with Crippen molar-refractivity contribution in [2.75, 3.05) is 6.54 Å². The summed E-state index contributed by atoms with van der Waals surface area (Å²) in [5.74, 6) is -0.529. The molecule has 198 valence electrons. The molecule has 3 fully saturated rings. The van der Waals surface area contributed by atoms with Gasteiger partial charge in [0.2, 0.25) is 11.8 Å². The number of nitrogens with zero attached hydrogens (tertiary/aromatic N) is 4. The number of amides is 1. The first-order valence-corrected chi connectivity index (χ1v) is 14.5. The Morgan fingerprint density at radius 1 is 1.14 bits per heavy atom. The number of carbonyl (C=O) groups is 1. The second kappa shape index (κ2) is 10.5. The Balaban J connectivity index is 1.22. The van der Waals surface area contributed by atoms with E-state index in [-0.39, 0.29) is 43.6 Å². The van der Waals surface area contributed by atoms with Crippen LogP contribution in [-0.2, 0) is 4.79 Å². The monoisotopic (exact) mass is 519 g/mol. The summed E-state index contributed by atoms with van der Waals surface area (Å²) in [5, 5.41) is 16.2. The third-order valence-corrected chi connectivity index (χ3v) is 9.36. The van der Waals surface area contributed by atoms with E-state index in [1.54, 1.807) is 11.3 Å². The van der Waals surface area contributed by atoms with Gasteiger partial charge in [-0.2, -0.15) is 11.3 Å². The van der Waals surface area contributed by atoms with Gasteiger partial charge in [-0.25, -0.2) is 8.78 Å². The van der Waals surface area contributed by atoms with E-state index in [0.717, 1.165) is 43.0 Å². The summed E-state index contributed by atoms with van der Waals surface area (Å²) < 4.78 is 29.6. The molecule has 3 aliphatic rings.